The largest absolute Gasteiger partial charge is 0.496 e. The molecule has 1 aliphatic rings. The minimum atomic E-state index is -1.26. The number of ether oxygens (including phenoxy) is 3. The molecule has 0 radical (unpaired) electrons. The van der Waals surface area contributed by atoms with Crippen LogP contribution in [-0.2, 0) is 16.1 Å². The van der Waals surface area contributed by atoms with Crippen molar-refractivity contribution in [1.29, 1.82) is 0 Å². The van der Waals surface area contributed by atoms with Gasteiger partial charge in [-0.3, -0.25) is 9.59 Å². The summed E-state index contributed by atoms with van der Waals surface area (Å²) in [5, 5.41) is 11.8. The highest BCUT2D eigenvalue weighted by atomic mass is 16.5. The second kappa shape index (κ2) is 6.13. The number of methoxy groups -OCH3 is 3. The van der Waals surface area contributed by atoms with Crippen LogP contribution in [0.4, 0.5) is 0 Å². The molecule has 2 rings (SSSR count). The molecule has 1 amide bonds. The lowest BCUT2D eigenvalue weighted by Gasteiger charge is -2.16. The first kappa shape index (κ1) is 15.9. The third-order valence-corrected chi connectivity index (χ3v) is 3.82. The molecule has 120 valence electrons. The van der Waals surface area contributed by atoms with Crippen molar-refractivity contribution in [3.8, 4) is 17.2 Å². The summed E-state index contributed by atoms with van der Waals surface area (Å²) in [5.74, 6) is -0.00946. The first-order valence-corrected chi connectivity index (χ1v) is 6.79. The summed E-state index contributed by atoms with van der Waals surface area (Å²) in [7, 11) is 4.53. The standard InChI is InChI=1S/C15H19NO6/c1-20-10-7-12(22-3)11(21-2)6-9(10)8-16-13(17)15(4-5-15)14(18)19/h6-7H,4-5,8H2,1-3H3,(H,16,17)(H,18,19). The van der Waals surface area contributed by atoms with Gasteiger partial charge in [0, 0.05) is 18.2 Å². The summed E-state index contributed by atoms with van der Waals surface area (Å²) >= 11 is 0. The van der Waals surface area contributed by atoms with Crippen LogP contribution in [0.2, 0.25) is 0 Å². The van der Waals surface area contributed by atoms with Gasteiger partial charge in [-0.1, -0.05) is 0 Å². The molecule has 1 aromatic rings. The molecule has 22 heavy (non-hydrogen) atoms. The Morgan fingerprint density at radius 3 is 2.09 bits per heavy atom. The Labute approximate surface area is 128 Å². The molecule has 0 atom stereocenters. The van der Waals surface area contributed by atoms with E-state index in [1.807, 2.05) is 0 Å². The Kier molecular flexibility index (Phi) is 4.44. The van der Waals surface area contributed by atoms with Gasteiger partial charge in [0.15, 0.2) is 11.5 Å². The van der Waals surface area contributed by atoms with Gasteiger partial charge in [-0.05, 0) is 18.9 Å². The van der Waals surface area contributed by atoms with Crippen LogP contribution < -0.4 is 19.5 Å². The Bertz CT molecular complexity index is 594. The summed E-state index contributed by atoms with van der Waals surface area (Å²) in [6, 6.07) is 3.35. The fourth-order valence-electron chi connectivity index (χ4n) is 2.24. The molecule has 0 unspecified atom stereocenters. The van der Waals surface area contributed by atoms with Crippen molar-refractivity contribution in [2.45, 2.75) is 19.4 Å². The highest BCUT2D eigenvalue weighted by molar-refractivity contribution is 6.04. The molecule has 0 heterocycles. The molecule has 1 saturated carbocycles. The number of carboxylic acids is 1. The summed E-state index contributed by atoms with van der Waals surface area (Å²) in [6.07, 6.45) is 0.745. The lowest BCUT2D eigenvalue weighted by molar-refractivity contribution is -0.149. The first-order chi connectivity index (χ1) is 10.5. The van der Waals surface area contributed by atoms with Crippen LogP contribution >= 0.6 is 0 Å². The van der Waals surface area contributed by atoms with Crippen molar-refractivity contribution in [3.63, 3.8) is 0 Å². The van der Waals surface area contributed by atoms with Crippen LogP contribution in [0.3, 0.4) is 0 Å². The molecule has 0 saturated heterocycles. The normalized spacial score (nSPS) is 14.9. The summed E-state index contributed by atoms with van der Waals surface area (Å²) in [4.78, 5) is 23.2. The number of nitrogens with one attached hydrogen (secondary N) is 1. The average Bonchev–Trinajstić information content (AvgIpc) is 3.33. The van der Waals surface area contributed by atoms with Gasteiger partial charge in [0.25, 0.3) is 0 Å². The first-order valence-electron chi connectivity index (χ1n) is 6.79. The van der Waals surface area contributed by atoms with Gasteiger partial charge >= 0.3 is 5.97 Å². The van der Waals surface area contributed by atoms with Gasteiger partial charge in [-0.15, -0.1) is 0 Å². The van der Waals surface area contributed by atoms with Crippen molar-refractivity contribution in [2.75, 3.05) is 21.3 Å². The van der Waals surface area contributed by atoms with Gasteiger partial charge in [0.1, 0.15) is 11.2 Å². The fraction of sp³-hybridized carbons (Fsp3) is 0.467. The lowest BCUT2D eigenvalue weighted by Crippen LogP contribution is -2.36. The van der Waals surface area contributed by atoms with Crippen molar-refractivity contribution in [3.05, 3.63) is 17.7 Å². The number of amides is 1. The van der Waals surface area contributed by atoms with Gasteiger partial charge in [-0.2, -0.15) is 0 Å². The number of rotatable bonds is 7. The maximum atomic E-state index is 12.0. The smallest absolute Gasteiger partial charge is 0.319 e. The Hall–Kier alpha value is -2.44. The van der Waals surface area contributed by atoms with E-state index in [0.717, 1.165) is 0 Å². The molecular formula is C15H19NO6. The average molecular weight is 309 g/mol. The van der Waals surface area contributed by atoms with E-state index >= 15 is 0 Å². The van der Waals surface area contributed by atoms with E-state index in [1.54, 1.807) is 12.1 Å². The number of aliphatic carboxylic acids is 1. The second-order valence-electron chi connectivity index (χ2n) is 5.09. The highest BCUT2D eigenvalue weighted by Crippen LogP contribution is 2.46. The zero-order chi connectivity index (χ0) is 16.3. The van der Waals surface area contributed by atoms with Gasteiger partial charge in [-0.25, -0.2) is 0 Å². The van der Waals surface area contributed by atoms with Crippen LogP contribution in [0.1, 0.15) is 18.4 Å². The van der Waals surface area contributed by atoms with Crippen LogP contribution in [0.25, 0.3) is 0 Å². The zero-order valence-electron chi connectivity index (χ0n) is 12.8. The van der Waals surface area contributed by atoms with Crippen molar-refractivity contribution >= 4 is 11.9 Å². The van der Waals surface area contributed by atoms with E-state index in [4.69, 9.17) is 19.3 Å². The Balaban J connectivity index is 2.15. The number of carbonyl (C=O) groups is 2. The maximum Gasteiger partial charge on any atom is 0.319 e. The topological polar surface area (TPSA) is 94.1 Å². The van der Waals surface area contributed by atoms with Gasteiger partial charge < -0.3 is 24.6 Å². The molecule has 0 aromatic heterocycles. The quantitative estimate of drug-likeness (QED) is 0.735. The summed E-state index contributed by atoms with van der Waals surface area (Å²) in [5.41, 5.74) is -0.584. The molecule has 0 spiro atoms. The number of carboxylic acid groups (broad SMARTS) is 1. The summed E-state index contributed by atoms with van der Waals surface area (Å²) < 4.78 is 15.7. The molecule has 0 bridgehead atoms. The van der Waals surface area contributed by atoms with Crippen LogP contribution in [0.5, 0.6) is 17.2 Å². The van der Waals surface area contributed by atoms with Crippen LogP contribution in [0, 0.1) is 5.41 Å². The maximum absolute atomic E-state index is 12.0. The third kappa shape index (κ3) is 2.79. The molecule has 7 nitrogen and oxygen atoms in total. The minimum absolute atomic E-state index is 0.150. The van der Waals surface area contributed by atoms with Crippen molar-refractivity contribution in [2.24, 2.45) is 5.41 Å². The summed E-state index contributed by atoms with van der Waals surface area (Å²) in [6.45, 7) is 0.150. The predicted octanol–water partition coefficient (Wildman–Crippen LogP) is 1.19. The SMILES string of the molecule is COc1cc(OC)c(OC)cc1CNC(=O)C1(C(=O)O)CC1. The lowest BCUT2D eigenvalue weighted by atomic mass is 10.1. The van der Waals surface area contributed by atoms with Crippen molar-refractivity contribution < 1.29 is 28.9 Å². The van der Waals surface area contributed by atoms with Crippen LogP contribution in [0.15, 0.2) is 12.1 Å². The zero-order valence-corrected chi connectivity index (χ0v) is 12.8. The van der Waals surface area contributed by atoms with E-state index < -0.39 is 17.3 Å². The van der Waals surface area contributed by atoms with Gasteiger partial charge in [0.2, 0.25) is 5.91 Å². The number of hydrogen-bond acceptors (Lipinski definition) is 5. The monoisotopic (exact) mass is 309 g/mol. The van der Waals surface area contributed by atoms with E-state index in [-0.39, 0.29) is 6.54 Å². The molecule has 0 aliphatic heterocycles. The molecule has 1 aliphatic carbocycles. The van der Waals surface area contributed by atoms with E-state index in [0.29, 0.717) is 35.7 Å². The number of carbonyl (C=O) groups excluding carboxylic acids is 1. The van der Waals surface area contributed by atoms with Gasteiger partial charge in [0.05, 0.1) is 21.3 Å². The van der Waals surface area contributed by atoms with E-state index in [9.17, 15) is 9.59 Å². The number of hydrogen-bond donors (Lipinski definition) is 2. The fourth-order valence-corrected chi connectivity index (χ4v) is 2.24. The third-order valence-electron chi connectivity index (χ3n) is 3.82. The van der Waals surface area contributed by atoms with Crippen LogP contribution in [-0.4, -0.2) is 38.3 Å². The molecular weight excluding hydrogens is 290 g/mol. The Morgan fingerprint density at radius 2 is 1.64 bits per heavy atom. The highest BCUT2D eigenvalue weighted by Gasteiger charge is 2.56. The van der Waals surface area contributed by atoms with Crippen molar-refractivity contribution in [1.82, 2.24) is 5.32 Å². The van der Waals surface area contributed by atoms with E-state index in [1.165, 1.54) is 21.3 Å². The molecule has 1 fully saturated rings. The minimum Gasteiger partial charge on any atom is -0.496 e. The number of benzene rings is 1. The Morgan fingerprint density at radius 1 is 1.09 bits per heavy atom. The second-order valence-corrected chi connectivity index (χ2v) is 5.09. The van der Waals surface area contributed by atoms with E-state index in [2.05, 4.69) is 5.32 Å². The molecule has 2 N–H and O–H groups in total. The molecule has 1 aromatic carbocycles. The molecule has 7 heteroatoms. The predicted molar refractivity (Wildman–Crippen MR) is 77.2 cm³/mol.